The van der Waals surface area contributed by atoms with Crippen LogP contribution in [0.4, 0.5) is 5.69 Å². The first-order chi connectivity index (χ1) is 14.6. The molecule has 156 valence electrons. The molecule has 3 aromatic rings. The van der Waals surface area contributed by atoms with Crippen LogP contribution in [0.1, 0.15) is 5.56 Å². The molecule has 1 aliphatic heterocycles. The van der Waals surface area contributed by atoms with Crippen LogP contribution in [0.5, 0.6) is 5.75 Å². The molecule has 1 saturated heterocycles. The van der Waals surface area contributed by atoms with E-state index >= 15 is 0 Å². The summed E-state index contributed by atoms with van der Waals surface area (Å²) in [6.07, 6.45) is 0. The number of fused-ring (bicyclic) bond motifs is 1. The van der Waals surface area contributed by atoms with Crippen molar-refractivity contribution in [1.82, 2.24) is 4.90 Å². The van der Waals surface area contributed by atoms with E-state index in [4.69, 9.17) is 4.74 Å². The summed E-state index contributed by atoms with van der Waals surface area (Å²) in [5.41, 5.74) is 2.48. The Hall–Kier alpha value is -3.05. The maximum Gasteiger partial charge on any atom is 0.277 e. The van der Waals surface area contributed by atoms with Crippen LogP contribution in [0.3, 0.4) is 0 Å². The van der Waals surface area contributed by atoms with Gasteiger partial charge in [0.25, 0.3) is 5.91 Å². The third kappa shape index (κ3) is 4.74. The van der Waals surface area contributed by atoms with E-state index in [-0.39, 0.29) is 5.91 Å². The highest BCUT2D eigenvalue weighted by Crippen LogP contribution is 2.21. The second-order valence-corrected chi connectivity index (χ2v) is 8.06. The van der Waals surface area contributed by atoms with Crippen molar-refractivity contribution in [2.45, 2.75) is 6.54 Å². The fourth-order valence-electron chi connectivity index (χ4n) is 4.14. The summed E-state index contributed by atoms with van der Waals surface area (Å²) in [6.45, 7) is 4.72. The van der Waals surface area contributed by atoms with Crippen molar-refractivity contribution in [3.63, 3.8) is 0 Å². The lowest BCUT2D eigenvalue weighted by molar-refractivity contribution is -0.885. The molecule has 30 heavy (non-hydrogen) atoms. The van der Waals surface area contributed by atoms with Crippen LogP contribution < -0.4 is 14.5 Å². The second-order valence-electron chi connectivity index (χ2n) is 8.06. The number of carbonyl (C=O) groups is 1. The first-order valence-corrected chi connectivity index (χ1v) is 10.6. The largest absolute Gasteiger partial charge is 0.497 e. The highest BCUT2D eigenvalue weighted by atomic mass is 16.5. The van der Waals surface area contributed by atoms with Gasteiger partial charge in [-0.1, -0.05) is 36.4 Å². The molecule has 1 unspecified atom stereocenters. The number of nitrogens with one attached hydrogen (secondary N) is 1. The molecule has 1 N–H and O–H groups in total. The van der Waals surface area contributed by atoms with Gasteiger partial charge in [-0.2, -0.15) is 0 Å². The zero-order valence-electron chi connectivity index (χ0n) is 17.8. The molecule has 1 atom stereocenters. The van der Waals surface area contributed by atoms with Crippen LogP contribution in [-0.4, -0.2) is 57.7 Å². The molecule has 0 bridgehead atoms. The van der Waals surface area contributed by atoms with Gasteiger partial charge in [0.1, 0.15) is 12.3 Å². The number of para-hydroxylation sites is 1. The molecule has 1 fully saturated rings. The molecule has 0 saturated carbocycles. The Morgan fingerprint density at radius 2 is 1.63 bits per heavy atom. The molecule has 1 amide bonds. The fraction of sp³-hybridized carbons (Fsp3) is 0.320. The van der Waals surface area contributed by atoms with Gasteiger partial charge in [0.2, 0.25) is 0 Å². The molecule has 5 heteroatoms. The number of piperazine rings is 1. The minimum absolute atomic E-state index is 0.241. The number of ether oxygens (including phenoxy) is 1. The Balaban J connectivity index is 1.30. The number of nitrogens with zero attached hydrogens (tertiary/aromatic N) is 2. The highest BCUT2D eigenvalue weighted by molar-refractivity contribution is 5.84. The van der Waals surface area contributed by atoms with Gasteiger partial charge in [0, 0.05) is 37.4 Å². The number of benzene rings is 3. The van der Waals surface area contributed by atoms with Gasteiger partial charge in [0.15, 0.2) is 6.54 Å². The summed E-state index contributed by atoms with van der Waals surface area (Å²) < 4.78 is 5.30. The van der Waals surface area contributed by atoms with Gasteiger partial charge >= 0.3 is 0 Å². The predicted octanol–water partition coefficient (Wildman–Crippen LogP) is 2.21. The van der Waals surface area contributed by atoms with Gasteiger partial charge < -0.3 is 19.4 Å². The van der Waals surface area contributed by atoms with E-state index in [1.165, 1.54) is 26.9 Å². The maximum absolute atomic E-state index is 12.8. The Morgan fingerprint density at radius 3 is 2.37 bits per heavy atom. The molecule has 1 heterocycles. The van der Waals surface area contributed by atoms with Crippen molar-refractivity contribution in [1.29, 1.82) is 0 Å². The number of quaternary nitrogens is 1. The van der Waals surface area contributed by atoms with Crippen LogP contribution >= 0.6 is 0 Å². The quantitative estimate of drug-likeness (QED) is 0.685. The first-order valence-electron chi connectivity index (χ1n) is 10.6. The van der Waals surface area contributed by atoms with Gasteiger partial charge in [-0.05, 0) is 41.1 Å². The predicted molar refractivity (Wildman–Crippen MR) is 121 cm³/mol. The Morgan fingerprint density at radius 1 is 0.933 bits per heavy atom. The third-order valence-electron chi connectivity index (χ3n) is 5.82. The van der Waals surface area contributed by atoms with Crippen molar-refractivity contribution in [3.05, 3.63) is 72.3 Å². The standard InChI is InChI=1S/C25H29N3O2/c1-26(18-20-8-9-22-17-24(30-2)11-10-21(22)16-20)19-25(29)28-14-12-27(13-15-28)23-6-4-3-5-7-23/h3-11,16-17H,12-15,18-19H2,1-2H3/p+1. The average molecular weight is 405 g/mol. The minimum Gasteiger partial charge on any atom is -0.497 e. The fourth-order valence-corrected chi connectivity index (χ4v) is 4.14. The Kier molecular flexibility index (Phi) is 6.19. The molecule has 0 radical (unpaired) electrons. The van der Waals surface area contributed by atoms with Crippen LogP contribution in [0.15, 0.2) is 66.7 Å². The first kappa shape index (κ1) is 20.2. The molecule has 0 spiro atoms. The summed E-state index contributed by atoms with van der Waals surface area (Å²) in [7, 11) is 3.78. The zero-order valence-corrected chi connectivity index (χ0v) is 17.8. The van der Waals surface area contributed by atoms with E-state index in [0.717, 1.165) is 38.5 Å². The van der Waals surface area contributed by atoms with Crippen molar-refractivity contribution in [3.8, 4) is 5.75 Å². The SMILES string of the molecule is COc1ccc2cc(C[NH+](C)CC(=O)N3CCN(c4ccccc4)CC3)ccc2c1. The molecule has 3 aromatic carbocycles. The summed E-state index contributed by atoms with van der Waals surface area (Å²) >= 11 is 0. The lowest BCUT2D eigenvalue weighted by Gasteiger charge is -2.36. The molecular weight excluding hydrogens is 374 g/mol. The van der Waals surface area contributed by atoms with E-state index in [1.54, 1.807) is 7.11 Å². The molecule has 0 aromatic heterocycles. The number of likely N-dealkylation sites (N-methyl/N-ethyl adjacent to an activating group) is 1. The third-order valence-corrected chi connectivity index (χ3v) is 5.82. The van der Waals surface area contributed by atoms with Gasteiger partial charge in [-0.25, -0.2) is 0 Å². The lowest BCUT2D eigenvalue weighted by atomic mass is 10.1. The topological polar surface area (TPSA) is 37.2 Å². The Bertz CT molecular complexity index is 998. The number of rotatable bonds is 6. The normalized spacial score (nSPS) is 15.3. The van der Waals surface area contributed by atoms with Crippen molar-refractivity contribution in [2.24, 2.45) is 0 Å². The van der Waals surface area contributed by atoms with Crippen molar-refractivity contribution in [2.75, 3.05) is 51.8 Å². The molecular formula is C25H30N3O2+. The smallest absolute Gasteiger partial charge is 0.277 e. The Labute approximate surface area is 178 Å². The second kappa shape index (κ2) is 9.18. The number of methoxy groups -OCH3 is 1. The van der Waals surface area contributed by atoms with Gasteiger partial charge in [-0.3, -0.25) is 4.79 Å². The average Bonchev–Trinajstić information content (AvgIpc) is 2.79. The van der Waals surface area contributed by atoms with Crippen LogP contribution in [0.2, 0.25) is 0 Å². The zero-order chi connectivity index (χ0) is 20.9. The van der Waals surface area contributed by atoms with Gasteiger partial charge in [-0.15, -0.1) is 0 Å². The summed E-state index contributed by atoms with van der Waals surface area (Å²) in [4.78, 5) is 18.4. The van der Waals surface area contributed by atoms with Crippen molar-refractivity contribution >= 4 is 22.4 Å². The maximum atomic E-state index is 12.8. The number of carbonyl (C=O) groups excluding carboxylic acids is 1. The molecule has 1 aliphatic rings. The summed E-state index contributed by atoms with van der Waals surface area (Å²) in [5.74, 6) is 1.11. The van der Waals surface area contributed by atoms with Crippen LogP contribution in [0, 0.1) is 0 Å². The lowest BCUT2D eigenvalue weighted by Crippen LogP contribution is -3.09. The number of anilines is 1. The molecule has 4 rings (SSSR count). The minimum atomic E-state index is 0.241. The van der Waals surface area contributed by atoms with E-state index in [9.17, 15) is 4.79 Å². The van der Waals surface area contributed by atoms with E-state index in [1.807, 2.05) is 23.1 Å². The van der Waals surface area contributed by atoms with E-state index in [2.05, 4.69) is 60.5 Å². The highest BCUT2D eigenvalue weighted by Gasteiger charge is 2.23. The monoisotopic (exact) mass is 404 g/mol. The number of amides is 1. The van der Waals surface area contributed by atoms with Crippen molar-refractivity contribution < 1.29 is 14.4 Å². The molecule has 5 nitrogen and oxygen atoms in total. The van der Waals surface area contributed by atoms with E-state index < -0.39 is 0 Å². The van der Waals surface area contributed by atoms with E-state index in [0.29, 0.717) is 6.54 Å². The van der Waals surface area contributed by atoms with Crippen LogP contribution in [0.25, 0.3) is 10.8 Å². The summed E-state index contributed by atoms with van der Waals surface area (Å²) in [6, 6.07) is 23.0. The number of hydrogen-bond donors (Lipinski definition) is 1. The van der Waals surface area contributed by atoms with Gasteiger partial charge in [0.05, 0.1) is 14.2 Å². The van der Waals surface area contributed by atoms with Crippen LogP contribution in [-0.2, 0) is 11.3 Å². The number of hydrogen-bond acceptors (Lipinski definition) is 3. The molecule has 0 aliphatic carbocycles. The summed E-state index contributed by atoms with van der Waals surface area (Å²) in [5, 5.41) is 2.37.